The van der Waals surface area contributed by atoms with Gasteiger partial charge in [-0.2, -0.15) is 0 Å². The number of carbonyl (C=O) groups excluding carboxylic acids is 1. The van der Waals surface area contributed by atoms with Gasteiger partial charge in [0, 0.05) is 30.5 Å². The summed E-state index contributed by atoms with van der Waals surface area (Å²) in [5.74, 6) is 0.880. The van der Waals surface area contributed by atoms with Crippen LogP contribution in [0.2, 0.25) is 0 Å². The largest absolute Gasteiger partial charge is 0.504 e. The number of benzene rings is 1. The van der Waals surface area contributed by atoms with E-state index in [0.717, 1.165) is 38.8 Å². The third kappa shape index (κ3) is 1.96. The van der Waals surface area contributed by atoms with Crippen molar-refractivity contribution in [2.45, 2.75) is 63.1 Å². The number of nitrogens with one attached hydrogen (secondary N) is 1. The molecule has 27 heavy (non-hydrogen) atoms. The average molecular weight is 368 g/mol. The minimum absolute atomic E-state index is 0.0135. The number of piperidine rings is 1. The Bertz CT molecular complexity index is 837. The number of aromatic hydroxyl groups is 1. The Balaban J connectivity index is 1.72. The normalized spacial score (nSPS) is 38.7. The fraction of sp³-hybridized carbons (Fsp3) is 0.591. The molecule has 2 aliphatic carbocycles. The zero-order valence-corrected chi connectivity index (χ0v) is 16.1. The summed E-state index contributed by atoms with van der Waals surface area (Å²) in [6.45, 7) is 9.85. The lowest BCUT2D eigenvalue weighted by Crippen LogP contribution is -2.73. The Kier molecular flexibility index (Phi) is 3.49. The lowest BCUT2D eigenvalue weighted by atomic mass is 9.43. The van der Waals surface area contributed by atoms with Crippen LogP contribution in [0.4, 0.5) is 0 Å². The van der Waals surface area contributed by atoms with Crippen molar-refractivity contribution in [2.24, 2.45) is 5.41 Å². The van der Waals surface area contributed by atoms with Crippen molar-refractivity contribution >= 4 is 5.91 Å². The topological polar surface area (TPSA) is 61.8 Å². The SMILES string of the molecule is C=CCN1CC[C@]23c4c5ccc(O)c4OC2C(NC(C)=O)CC[C@@]3(C)C1C5. The molecule has 1 spiro atoms. The molecule has 2 heterocycles. The fourth-order valence-electron chi connectivity index (χ4n) is 6.88. The molecular weight excluding hydrogens is 340 g/mol. The van der Waals surface area contributed by atoms with Crippen molar-refractivity contribution in [1.82, 2.24) is 10.2 Å². The van der Waals surface area contributed by atoms with Crippen LogP contribution in [0.5, 0.6) is 11.5 Å². The predicted molar refractivity (Wildman–Crippen MR) is 103 cm³/mol. The Morgan fingerprint density at radius 1 is 1.48 bits per heavy atom. The van der Waals surface area contributed by atoms with Crippen LogP contribution >= 0.6 is 0 Å². The summed E-state index contributed by atoms with van der Waals surface area (Å²) in [4.78, 5) is 14.4. The fourth-order valence-corrected chi connectivity index (χ4v) is 6.88. The van der Waals surface area contributed by atoms with Gasteiger partial charge in [-0.3, -0.25) is 9.69 Å². The highest BCUT2D eigenvalue weighted by molar-refractivity contribution is 5.73. The minimum atomic E-state index is -0.150. The Hall–Kier alpha value is -2.01. The second-order valence-electron chi connectivity index (χ2n) is 8.97. The Morgan fingerprint density at radius 2 is 2.30 bits per heavy atom. The number of phenolic OH excluding ortho intramolecular Hbond substituents is 1. The molecule has 0 radical (unpaired) electrons. The van der Waals surface area contributed by atoms with Crippen LogP contribution in [-0.2, 0) is 16.6 Å². The quantitative estimate of drug-likeness (QED) is 0.805. The third-order valence-electron chi connectivity index (χ3n) is 7.89. The number of likely N-dealkylation sites (tertiary alicyclic amines) is 1. The predicted octanol–water partition coefficient (Wildman–Crippen LogP) is 2.51. The molecule has 3 unspecified atom stereocenters. The second-order valence-corrected chi connectivity index (χ2v) is 8.97. The molecule has 2 aliphatic heterocycles. The number of ether oxygens (including phenoxy) is 1. The molecular formula is C22H28N2O3. The van der Waals surface area contributed by atoms with Crippen LogP contribution in [0.3, 0.4) is 0 Å². The maximum atomic E-state index is 11.9. The Morgan fingerprint density at radius 3 is 3.04 bits per heavy atom. The summed E-state index contributed by atoms with van der Waals surface area (Å²) in [5.41, 5.74) is 2.42. The van der Waals surface area contributed by atoms with Crippen molar-refractivity contribution < 1.29 is 14.6 Å². The summed E-state index contributed by atoms with van der Waals surface area (Å²) in [5, 5.41) is 13.7. The van der Waals surface area contributed by atoms with E-state index in [1.807, 2.05) is 6.08 Å². The summed E-state index contributed by atoms with van der Waals surface area (Å²) < 4.78 is 6.48. The summed E-state index contributed by atoms with van der Waals surface area (Å²) >= 11 is 0. The molecule has 2 bridgehead atoms. The monoisotopic (exact) mass is 368 g/mol. The average Bonchev–Trinajstić information content (AvgIpc) is 2.97. The first-order valence-corrected chi connectivity index (χ1v) is 10.1. The van der Waals surface area contributed by atoms with Crippen LogP contribution in [-0.4, -0.2) is 47.2 Å². The highest BCUT2D eigenvalue weighted by atomic mass is 16.5. The van der Waals surface area contributed by atoms with Gasteiger partial charge in [-0.25, -0.2) is 0 Å². The van der Waals surface area contributed by atoms with E-state index in [1.54, 1.807) is 13.0 Å². The highest BCUT2D eigenvalue weighted by Gasteiger charge is 2.71. The van der Waals surface area contributed by atoms with Gasteiger partial charge in [0.1, 0.15) is 6.10 Å². The molecule has 144 valence electrons. The molecule has 5 atom stereocenters. The van der Waals surface area contributed by atoms with Crippen LogP contribution in [0.1, 0.15) is 44.2 Å². The van der Waals surface area contributed by atoms with E-state index < -0.39 is 0 Å². The maximum absolute atomic E-state index is 11.9. The first kappa shape index (κ1) is 17.1. The maximum Gasteiger partial charge on any atom is 0.217 e. The van der Waals surface area contributed by atoms with Gasteiger partial charge >= 0.3 is 0 Å². The van der Waals surface area contributed by atoms with Gasteiger partial charge in [0.05, 0.1) is 6.04 Å². The molecule has 1 saturated carbocycles. The Labute approximate surface area is 160 Å². The number of amides is 1. The van der Waals surface area contributed by atoms with Gasteiger partial charge in [0.25, 0.3) is 0 Å². The standard InChI is InChI=1S/C22H28N2O3/c1-4-10-24-11-9-22-18-14-5-6-16(26)19(18)27-20(22)15(23-13(2)25)7-8-21(22,3)17(24)12-14/h4-6,15,17,20,26H,1,7-12H2,2-3H3,(H,23,25)/t15?,17?,20?,21-,22-/m0/s1. The molecule has 2 fully saturated rings. The first-order valence-electron chi connectivity index (χ1n) is 10.1. The molecule has 5 rings (SSSR count). The van der Waals surface area contributed by atoms with Crippen molar-refractivity contribution in [3.63, 3.8) is 0 Å². The first-order chi connectivity index (χ1) is 12.9. The second kappa shape index (κ2) is 5.51. The molecule has 0 aromatic heterocycles. The number of rotatable bonds is 3. The van der Waals surface area contributed by atoms with E-state index in [1.165, 1.54) is 11.1 Å². The van der Waals surface area contributed by atoms with Crippen LogP contribution in [0.15, 0.2) is 24.8 Å². The van der Waals surface area contributed by atoms with Crippen molar-refractivity contribution in [2.75, 3.05) is 13.1 Å². The van der Waals surface area contributed by atoms with Gasteiger partial charge in [0.2, 0.25) is 5.91 Å². The zero-order valence-electron chi connectivity index (χ0n) is 16.1. The van der Waals surface area contributed by atoms with Crippen LogP contribution in [0, 0.1) is 5.41 Å². The molecule has 1 amide bonds. The third-order valence-corrected chi connectivity index (χ3v) is 7.89. The van der Waals surface area contributed by atoms with Gasteiger partial charge in [-0.15, -0.1) is 6.58 Å². The molecule has 4 aliphatic rings. The molecule has 1 aromatic rings. The summed E-state index contributed by atoms with van der Waals surface area (Å²) in [6, 6.07) is 4.26. The molecule has 5 heteroatoms. The van der Waals surface area contributed by atoms with Crippen molar-refractivity contribution in [1.29, 1.82) is 0 Å². The van der Waals surface area contributed by atoms with Gasteiger partial charge in [-0.05, 0) is 49.3 Å². The van der Waals surface area contributed by atoms with Crippen LogP contribution < -0.4 is 10.1 Å². The number of nitrogens with zero attached hydrogens (tertiary/aromatic N) is 1. The van der Waals surface area contributed by atoms with Gasteiger partial charge < -0.3 is 15.2 Å². The van der Waals surface area contributed by atoms with Crippen LogP contribution in [0.25, 0.3) is 0 Å². The number of hydrogen-bond donors (Lipinski definition) is 2. The van der Waals surface area contributed by atoms with Gasteiger partial charge in [0.15, 0.2) is 11.5 Å². The molecule has 5 nitrogen and oxygen atoms in total. The summed E-state index contributed by atoms with van der Waals surface area (Å²) in [6.07, 6.45) is 5.81. The number of phenols is 1. The molecule has 1 saturated heterocycles. The van der Waals surface area contributed by atoms with Gasteiger partial charge in [-0.1, -0.05) is 19.1 Å². The smallest absolute Gasteiger partial charge is 0.217 e. The lowest BCUT2D eigenvalue weighted by Gasteiger charge is -2.65. The molecule has 2 N–H and O–H groups in total. The minimum Gasteiger partial charge on any atom is -0.504 e. The number of hydrogen-bond acceptors (Lipinski definition) is 4. The van der Waals surface area contributed by atoms with E-state index >= 15 is 0 Å². The van der Waals surface area contributed by atoms with E-state index in [0.29, 0.717) is 11.8 Å². The molecule has 1 aromatic carbocycles. The van der Waals surface area contributed by atoms with Crippen molar-refractivity contribution in [3.05, 3.63) is 35.9 Å². The van der Waals surface area contributed by atoms with E-state index in [2.05, 4.69) is 29.8 Å². The highest BCUT2D eigenvalue weighted by Crippen LogP contribution is 2.68. The van der Waals surface area contributed by atoms with E-state index in [4.69, 9.17) is 4.74 Å². The number of carbonyl (C=O) groups is 1. The van der Waals surface area contributed by atoms with Crippen molar-refractivity contribution in [3.8, 4) is 11.5 Å². The lowest BCUT2D eigenvalue weighted by molar-refractivity contribution is -0.133. The van der Waals surface area contributed by atoms with E-state index in [9.17, 15) is 9.90 Å². The zero-order chi connectivity index (χ0) is 19.0. The summed E-state index contributed by atoms with van der Waals surface area (Å²) in [7, 11) is 0. The van der Waals surface area contributed by atoms with E-state index in [-0.39, 0.29) is 34.6 Å².